The molecule has 152 valence electrons. The summed E-state index contributed by atoms with van der Waals surface area (Å²) in [4.78, 5) is 16.0. The number of rotatable bonds is 6. The lowest BCUT2D eigenvalue weighted by atomic mass is 10.2. The number of hydrogen-bond acceptors (Lipinski definition) is 6. The summed E-state index contributed by atoms with van der Waals surface area (Å²) in [5, 5.41) is 2.15. The molecule has 2 aromatic heterocycles. The van der Waals surface area contributed by atoms with Gasteiger partial charge in [0.2, 0.25) is 0 Å². The number of hydrogen-bond donors (Lipinski definition) is 0. The molecule has 0 amide bonds. The van der Waals surface area contributed by atoms with Gasteiger partial charge in [0.05, 0.1) is 24.8 Å². The van der Waals surface area contributed by atoms with Crippen molar-refractivity contribution in [2.24, 2.45) is 0 Å². The summed E-state index contributed by atoms with van der Waals surface area (Å²) in [7, 11) is 1.65. The number of para-hydroxylation sites is 1. The highest BCUT2D eigenvalue weighted by Gasteiger charge is 2.18. The molecular weight excluding hydrogens is 376 g/mol. The van der Waals surface area contributed by atoms with Crippen LogP contribution in [-0.2, 0) is 6.42 Å². The summed E-state index contributed by atoms with van der Waals surface area (Å²) in [6.45, 7) is 2.57. The van der Waals surface area contributed by atoms with Gasteiger partial charge in [-0.2, -0.15) is 0 Å². The first-order valence-corrected chi connectivity index (χ1v) is 10.4. The molecule has 2 aromatic carbocycles. The van der Waals surface area contributed by atoms with Gasteiger partial charge in [-0.3, -0.25) is 4.98 Å². The quantitative estimate of drug-likeness (QED) is 0.478. The van der Waals surface area contributed by atoms with Crippen molar-refractivity contribution in [3.8, 4) is 11.5 Å². The highest BCUT2D eigenvalue weighted by molar-refractivity contribution is 5.92. The molecule has 1 fully saturated rings. The van der Waals surface area contributed by atoms with Crippen molar-refractivity contribution in [1.82, 2.24) is 15.0 Å². The molecular formula is C24H24N4O2. The van der Waals surface area contributed by atoms with E-state index in [2.05, 4.69) is 33.1 Å². The average molecular weight is 400 g/mol. The zero-order valence-corrected chi connectivity index (χ0v) is 17.0. The summed E-state index contributed by atoms with van der Waals surface area (Å²) >= 11 is 0. The van der Waals surface area contributed by atoms with Gasteiger partial charge in [0.15, 0.2) is 11.5 Å². The second-order valence-electron chi connectivity index (χ2n) is 7.51. The molecule has 4 aromatic rings. The van der Waals surface area contributed by atoms with Gasteiger partial charge < -0.3 is 14.4 Å². The Bertz CT molecular complexity index is 1190. The molecule has 0 atom stereocenters. The van der Waals surface area contributed by atoms with Crippen LogP contribution < -0.4 is 14.4 Å². The predicted molar refractivity (Wildman–Crippen MR) is 118 cm³/mol. The molecule has 1 aliphatic heterocycles. The summed E-state index contributed by atoms with van der Waals surface area (Å²) in [5.41, 5.74) is 2.88. The first kappa shape index (κ1) is 18.6. The molecule has 0 N–H and O–H groups in total. The van der Waals surface area contributed by atoms with E-state index >= 15 is 0 Å². The topological polar surface area (TPSA) is 60.4 Å². The zero-order chi connectivity index (χ0) is 20.3. The summed E-state index contributed by atoms with van der Waals surface area (Å²) in [6, 6.07) is 16.2. The van der Waals surface area contributed by atoms with E-state index in [0.717, 1.165) is 52.8 Å². The molecule has 0 unspecified atom stereocenters. The standard InChI is InChI=1S/C24H24N4O2/c1-29-22-15-21-19(24(26-16-25-21)28-11-4-5-12-28)14-23(22)30-13-10-18-9-8-17-6-2-3-7-20(17)27-18/h2-3,6-9,14-16H,4-5,10-13H2,1H3. The maximum atomic E-state index is 6.13. The number of pyridine rings is 1. The lowest BCUT2D eigenvalue weighted by Gasteiger charge is -2.19. The Morgan fingerprint density at radius 2 is 1.80 bits per heavy atom. The molecule has 30 heavy (non-hydrogen) atoms. The summed E-state index contributed by atoms with van der Waals surface area (Å²) in [5.74, 6) is 2.36. The average Bonchev–Trinajstić information content (AvgIpc) is 3.33. The third kappa shape index (κ3) is 3.61. The Kier molecular flexibility index (Phi) is 5.05. The highest BCUT2D eigenvalue weighted by Crippen LogP contribution is 2.35. The van der Waals surface area contributed by atoms with E-state index in [1.807, 2.05) is 30.3 Å². The van der Waals surface area contributed by atoms with Gasteiger partial charge in [0.1, 0.15) is 12.1 Å². The van der Waals surface area contributed by atoms with Crippen LogP contribution >= 0.6 is 0 Å². The Labute approximate surface area is 175 Å². The Morgan fingerprint density at radius 1 is 0.933 bits per heavy atom. The second-order valence-corrected chi connectivity index (χ2v) is 7.51. The number of fused-ring (bicyclic) bond motifs is 2. The lowest BCUT2D eigenvalue weighted by molar-refractivity contribution is 0.297. The minimum atomic E-state index is 0.514. The third-order valence-corrected chi connectivity index (χ3v) is 5.58. The van der Waals surface area contributed by atoms with Crippen molar-refractivity contribution < 1.29 is 9.47 Å². The largest absolute Gasteiger partial charge is 0.493 e. The molecule has 0 radical (unpaired) electrons. The van der Waals surface area contributed by atoms with Gasteiger partial charge in [-0.05, 0) is 31.0 Å². The molecule has 1 saturated heterocycles. The summed E-state index contributed by atoms with van der Waals surface area (Å²) in [6.07, 6.45) is 4.74. The molecule has 6 nitrogen and oxygen atoms in total. The van der Waals surface area contributed by atoms with Crippen molar-refractivity contribution in [2.75, 3.05) is 31.7 Å². The maximum Gasteiger partial charge on any atom is 0.162 e. The number of anilines is 1. The van der Waals surface area contributed by atoms with Crippen molar-refractivity contribution in [1.29, 1.82) is 0 Å². The molecule has 6 heteroatoms. The van der Waals surface area contributed by atoms with Crippen LogP contribution in [-0.4, -0.2) is 41.8 Å². The minimum Gasteiger partial charge on any atom is -0.493 e. The van der Waals surface area contributed by atoms with Crippen LogP contribution in [0.3, 0.4) is 0 Å². The van der Waals surface area contributed by atoms with Crippen LogP contribution in [0.25, 0.3) is 21.8 Å². The Hall–Kier alpha value is -3.41. The number of nitrogens with zero attached hydrogens (tertiary/aromatic N) is 4. The van der Waals surface area contributed by atoms with Gasteiger partial charge in [-0.15, -0.1) is 0 Å². The third-order valence-electron chi connectivity index (χ3n) is 5.58. The monoisotopic (exact) mass is 400 g/mol. The van der Waals surface area contributed by atoms with Crippen LogP contribution in [0.15, 0.2) is 54.9 Å². The van der Waals surface area contributed by atoms with E-state index in [-0.39, 0.29) is 0 Å². The van der Waals surface area contributed by atoms with Gasteiger partial charge >= 0.3 is 0 Å². The van der Waals surface area contributed by atoms with Crippen molar-refractivity contribution in [3.05, 3.63) is 60.6 Å². The zero-order valence-electron chi connectivity index (χ0n) is 17.0. The maximum absolute atomic E-state index is 6.13. The van der Waals surface area contributed by atoms with Gasteiger partial charge in [-0.1, -0.05) is 24.3 Å². The van der Waals surface area contributed by atoms with E-state index in [1.165, 1.54) is 12.8 Å². The molecule has 0 saturated carbocycles. The fourth-order valence-electron chi connectivity index (χ4n) is 4.02. The van der Waals surface area contributed by atoms with Gasteiger partial charge in [0.25, 0.3) is 0 Å². The number of ether oxygens (including phenoxy) is 2. The van der Waals surface area contributed by atoms with Crippen LogP contribution in [0.2, 0.25) is 0 Å². The minimum absolute atomic E-state index is 0.514. The smallest absolute Gasteiger partial charge is 0.162 e. The fraction of sp³-hybridized carbons (Fsp3) is 0.292. The van der Waals surface area contributed by atoms with Gasteiger partial charge in [0, 0.05) is 42.0 Å². The van der Waals surface area contributed by atoms with Crippen LogP contribution in [0, 0.1) is 0 Å². The SMILES string of the molecule is COc1cc2ncnc(N3CCCC3)c2cc1OCCc1ccc2ccccc2n1. The van der Waals surface area contributed by atoms with E-state index in [1.54, 1.807) is 13.4 Å². The second kappa shape index (κ2) is 8.14. The summed E-state index contributed by atoms with van der Waals surface area (Å²) < 4.78 is 11.7. The lowest BCUT2D eigenvalue weighted by Crippen LogP contribution is -2.19. The van der Waals surface area contributed by atoms with E-state index in [9.17, 15) is 0 Å². The number of aromatic nitrogens is 3. The fourth-order valence-corrected chi connectivity index (χ4v) is 4.02. The van der Waals surface area contributed by atoms with Crippen molar-refractivity contribution in [2.45, 2.75) is 19.3 Å². The van der Waals surface area contributed by atoms with Crippen LogP contribution in [0.5, 0.6) is 11.5 Å². The van der Waals surface area contributed by atoms with E-state index in [4.69, 9.17) is 14.5 Å². The van der Waals surface area contributed by atoms with E-state index in [0.29, 0.717) is 18.1 Å². The molecule has 5 rings (SSSR count). The Morgan fingerprint density at radius 3 is 2.67 bits per heavy atom. The van der Waals surface area contributed by atoms with Crippen LogP contribution in [0.4, 0.5) is 5.82 Å². The molecule has 1 aliphatic rings. The molecule has 0 spiro atoms. The predicted octanol–water partition coefficient (Wildman–Crippen LogP) is 4.41. The first-order chi connectivity index (χ1) is 14.8. The van der Waals surface area contributed by atoms with Crippen molar-refractivity contribution in [3.63, 3.8) is 0 Å². The van der Waals surface area contributed by atoms with Crippen molar-refractivity contribution >= 4 is 27.6 Å². The first-order valence-electron chi connectivity index (χ1n) is 10.4. The molecule has 3 heterocycles. The number of benzene rings is 2. The number of methoxy groups -OCH3 is 1. The highest BCUT2D eigenvalue weighted by atomic mass is 16.5. The normalized spacial score (nSPS) is 13.8. The molecule has 0 aliphatic carbocycles. The van der Waals surface area contributed by atoms with E-state index < -0.39 is 0 Å². The molecule has 0 bridgehead atoms. The van der Waals surface area contributed by atoms with Gasteiger partial charge in [-0.25, -0.2) is 9.97 Å². The Balaban J connectivity index is 1.39. The van der Waals surface area contributed by atoms with Crippen LogP contribution in [0.1, 0.15) is 18.5 Å².